The molecule has 1 heterocycles. The first-order valence-electron chi connectivity index (χ1n) is 9.21. The second kappa shape index (κ2) is 10.6. The highest BCUT2D eigenvalue weighted by Crippen LogP contribution is 2.18. The SMILES string of the molecule is COc1ccccc1/C=C/C(=O)NC(=S)N1CCNC(=O)[C@@H]1CC(=O)OC(C)C. The summed E-state index contributed by atoms with van der Waals surface area (Å²) in [5, 5.41) is 5.36. The van der Waals surface area contributed by atoms with Gasteiger partial charge in [0.25, 0.3) is 0 Å². The van der Waals surface area contributed by atoms with Crippen LogP contribution >= 0.6 is 12.2 Å². The molecule has 1 aliphatic rings. The highest BCUT2D eigenvalue weighted by Gasteiger charge is 2.34. The lowest BCUT2D eigenvalue weighted by Gasteiger charge is -2.36. The summed E-state index contributed by atoms with van der Waals surface area (Å²) >= 11 is 5.30. The number of benzene rings is 1. The first-order chi connectivity index (χ1) is 13.8. The zero-order valence-corrected chi connectivity index (χ0v) is 17.5. The normalized spacial score (nSPS) is 16.5. The van der Waals surface area contributed by atoms with E-state index in [1.54, 1.807) is 33.1 Å². The van der Waals surface area contributed by atoms with Crippen LogP contribution in [-0.4, -0.2) is 60.1 Å². The maximum Gasteiger partial charge on any atom is 0.308 e. The summed E-state index contributed by atoms with van der Waals surface area (Å²) in [6.45, 7) is 4.20. The molecule has 1 saturated heterocycles. The van der Waals surface area contributed by atoms with Crippen molar-refractivity contribution in [2.75, 3.05) is 20.2 Å². The van der Waals surface area contributed by atoms with Crippen LogP contribution in [0.15, 0.2) is 30.3 Å². The van der Waals surface area contributed by atoms with Crippen molar-refractivity contribution in [3.63, 3.8) is 0 Å². The van der Waals surface area contributed by atoms with E-state index in [1.165, 1.54) is 11.0 Å². The van der Waals surface area contributed by atoms with Gasteiger partial charge in [-0.15, -0.1) is 0 Å². The number of para-hydroxylation sites is 1. The van der Waals surface area contributed by atoms with Crippen molar-refractivity contribution in [1.29, 1.82) is 0 Å². The Morgan fingerprint density at radius 3 is 2.79 bits per heavy atom. The first-order valence-corrected chi connectivity index (χ1v) is 9.62. The highest BCUT2D eigenvalue weighted by atomic mass is 32.1. The van der Waals surface area contributed by atoms with Crippen molar-refractivity contribution in [3.8, 4) is 5.75 Å². The molecule has 0 unspecified atom stereocenters. The maximum atomic E-state index is 12.3. The number of rotatable bonds is 6. The Balaban J connectivity index is 2.02. The van der Waals surface area contributed by atoms with E-state index in [0.717, 1.165) is 5.56 Å². The molecule has 156 valence electrons. The predicted octanol–water partition coefficient (Wildman–Crippen LogP) is 1.25. The van der Waals surface area contributed by atoms with Gasteiger partial charge in [-0.1, -0.05) is 18.2 Å². The van der Waals surface area contributed by atoms with Crippen LogP contribution in [0, 0.1) is 0 Å². The highest BCUT2D eigenvalue weighted by molar-refractivity contribution is 7.80. The van der Waals surface area contributed by atoms with E-state index >= 15 is 0 Å². The average Bonchev–Trinajstić information content (AvgIpc) is 2.67. The molecule has 1 aromatic rings. The van der Waals surface area contributed by atoms with Crippen molar-refractivity contribution in [2.24, 2.45) is 0 Å². The smallest absolute Gasteiger partial charge is 0.308 e. The molecule has 8 nitrogen and oxygen atoms in total. The molecule has 0 bridgehead atoms. The molecule has 0 radical (unpaired) electrons. The molecular formula is C20H25N3O5S. The largest absolute Gasteiger partial charge is 0.496 e. The van der Waals surface area contributed by atoms with Crippen molar-refractivity contribution in [2.45, 2.75) is 32.4 Å². The minimum absolute atomic E-state index is 0.0804. The molecule has 2 amide bonds. The van der Waals surface area contributed by atoms with Crippen molar-refractivity contribution in [3.05, 3.63) is 35.9 Å². The Morgan fingerprint density at radius 2 is 2.10 bits per heavy atom. The molecule has 1 atom stereocenters. The fourth-order valence-electron chi connectivity index (χ4n) is 2.82. The third-order valence-electron chi connectivity index (χ3n) is 4.10. The van der Waals surface area contributed by atoms with E-state index < -0.39 is 17.9 Å². The zero-order chi connectivity index (χ0) is 21.4. The number of nitrogens with one attached hydrogen (secondary N) is 2. The molecule has 1 fully saturated rings. The van der Waals surface area contributed by atoms with Crippen molar-refractivity contribution in [1.82, 2.24) is 15.5 Å². The van der Waals surface area contributed by atoms with Gasteiger partial charge < -0.3 is 19.7 Å². The molecule has 0 saturated carbocycles. The summed E-state index contributed by atoms with van der Waals surface area (Å²) in [6, 6.07) is 6.43. The summed E-state index contributed by atoms with van der Waals surface area (Å²) in [6.07, 6.45) is 2.50. The number of thiocarbonyl (C=S) groups is 1. The molecule has 2 N–H and O–H groups in total. The van der Waals surface area contributed by atoms with Crippen LogP contribution in [0.4, 0.5) is 0 Å². The number of carbonyl (C=O) groups excluding carboxylic acids is 3. The molecule has 2 rings (SSSR count). The van der Waals surface area contributed by atoms with Gasteiger partial charge in [0.15, 0.2) is 5.11 Å². The number of ether oxygens (including phenoxy) is 2. The van der Waals surface area contributed by atoms with Gasteiger partial charge >= 0.3 is 5.97 Å². The Bertz CT molecular complexity index is 809. The number of esters is 1. The Hall–Kier alpha value is -2.94. The Morgan fingerprint density at radius 1 is 1.38 bits per heavy atom. The molecule has 0 aromatic heterocycles. The molecule has 0 aliphatic carbocycles. The fraction of sp³-hybridized carbons (Fsp3) is 0.400. The number of nitrogens with zero attached hydrogens (tertiary/aromatic N) is 1. The van der Waals surface area contributed by atoms with Crippen molar-refractivity contribution < 1.29 is 23.9 Å². The van der Waals surface area contributed by atoms with Gasteiger partial charge in [0, 0.05) is 24.7 Å². The lowest BCUT2D eigenvalue weighted by molar-refractivity contribution is -0.150. The van der Waals surface area contributed by atoms with Crippen LogP contribution in [0.2, 0.25) is 0 Å². The number of carbonyl (C=O) groups is 3. The van der Waals surface area contributed by atoms with Gasteiger partial charge in [-0.25, -0.2) is 0 Å². The Labute approximate surface area is 175 Å². The lowest BCUT2D eigenvalue weighted by Crippen LogP contribution is -2.60. The van der Waals surface area contributed by atoms with Gasteiger partial charge in [-0.05, 0) is 38.2 Å². The van der Waals surface area contributed by atoms with Gasteiger partial charge in [0.05, 0.1) is 19.6 Å². The van der Waals surface area contributed by atoms with Crippen LogP contribution in [0.3, 0.4) is 0 Å². The van der Waals surface area contributed by atoms with Crippen LogP contribution in [0.1, 0.15) is 25.8 Å². The van der Waals surface area contributed by atoms with Crippen molar-refractivity contribution >= 4 is 41.2 Å². The molecule has 9 heteroatoms. The minimum Gasteiger partial charge on any atom is -0.496 e. The van der Waals surface area contributed by atoms with E-state index in [4.69, 9.17) is 21.7 Å². The monoisotopic (exact) mass is 419 g/mol. The molecule has 1 aromatic carbocycles. The van der Waals surface area contributed by atoms with Gasteiger partial charge in [0.1, 0.15) is 11.8 Å². The van der Waals surface area contributed by atoms with Gasteiger partial charge in [-0.3, -0.25) is 19.7 Å². The number of hydrogen-bond acceptors (Lipinski definition) is 6. The van der Waals surface area contributed by atoms with E-state index in [-0.39, 0.29) is 23.5 Å². The van der Waals surface area contributed by atoms with E-state index in [0.29, 0.717) is 18.8 Å². The van der Waals surface area contributed by atoms with E-state index in [1.807, 2.05) is 18.2 Å². The Kier molecular flexibility index (Phi) is 8.14. The predicted molar refractivity (Wildman–Crippen MR) is 112 cm³/mol. The summed E-state index contributed by atoms with van der Waals surface area (Å²) < 4.78 is 10.4. The standard InChI is InChI=1S/C20H25N3O5S/c1-13(2)28-18(25)12-15-19(26)21-10-11-23(15)20(29)22-17(24)9-8-14-6-4-5-7-16(14)27-3/h4-9,13,15H,10-12H2,1-3H3,(H,21,26)(H,22,24,29)/b9-8+/t15-/m0/s1. The summed E-state index contributed by atoms with van der Waals surface area (Å²) in [5.74, 6) is -0.652. The van der Waals surface area contributed by atoms with E-state index in [2.05, 4.69) is 10.6 Å². The number of amides is 2. The van der Waals surface area contributed by atoms with Crippen LogP contribution in [-0.2, 0) is 19.1 Å². The quantitative estimate of drug-likeness (QED) is 0.407. The third kappa shape index (κ3) is 6.56. The molecule has 1 aliphatic heterocycles. The molecule has 0 spiro atoms. The molecule has 29 heavy (non-hydrogen) atoms. The number of methoxy groups -OCH3 is 1. The summed E-state index contributed by atoms with van der Waals surface area (Å²) in [5.41, 5.74) is 0.739. The van der Waals surface area contributed by atoms with E-state index in [9.17, 15) is 14.4 Å². The fourth-order valence-corrected chi connectivity index (χ4v) is 3.14. The minimum atomic E-state index is -0.832. The summed E-state index contributed by atoms with van der Waals surface area (Å²) in [7, 11) is 1.55. The van der Waals surface area contributed by atoms with Crippen LogP contribution in [0.25, 0.3) is 6.08 Å². The summed E-state index contributed by atoms with van der Waals surface area (Å²) in [4.78, 5) is 38.0. The number of hydrogen-bond donors (Lipinski definition) is 2. The van der Waals surface area contributed by atoms with Gasteiger partial charge in [-0.2, -0.15) is 0 Å². The number of piperazine rings is 1. The van der Waals surface area contributed by atoms with Crippen LogP contribution in [0.5, 0.6) is 5.75 Å². The lowest BCUT2D eigenvalue weighted by atomic mass is 10.1. The maximum absolute atomic E-state index is 12.3. The molecular weight excluding hydrogens is 394 g/mol. The average molecular weight is 420 g/mol. The van der Waals surface area contributed by atoms with Gasteiger partial charge in [0.2, 0.25) is 11.8 Å². The topological polar surface area (TPSA) is 97.0 Å². The van der Waals surface area contributed by atoms with Crippen LogP contribution < -0.4 is 15.4 Å². The first kappa shape index (κ1) is 22.4. The second-order valence-corrected chi connectivity index (χ2v) is 7.00. The zero-order valence-electron chi connectivity index (χ0n) is 16.6. The third-order valence-corrected chi connectivity index (χ3v) is 4.44. The second-order valence-electron chi connectivity index (χ2n) is 6.61.